The highest BCUT2D eigenvalue weighted by molar-refractivity contribution is 7.18. The average Bonchev–Trinajstić information content (AvgIpc) is 2.80. The lowest BCUT2D eigenvalue weighted by atomic mass is 10.1. The lowest BCUT2D eigenvalue weighted by molar-refractivity contribution is 0.949. The molecule has 2 N–H and O–H groups in total. The molecule has 5 heteroatoms. The normalized spacial score (nSPS) is 10.9. The Morgan fingerprint density at radius 2 is 1.89 bits per heavy atom. The van der Waals surface area contributed by atoms with Crippen LogP contribution in [0.25, 0.3) is 10.5 Å². The van der Waals surface area contributed by atoms with E-state index in [9.17, 15) is 0 Å². The first-order chi connectivity index (χ1) is 8.83. The summed E-state index contributed by atoms with van der Waals surface area (Å²) in [6.07, 6.45) is 5.13. The Labute approximate surface area is 109 Å². The maximum atomic E-state index is 5.92. The summed E-state index contributed by atoms with van der Waals surface area (Å²) in [5.74, 6) is 0. The molecule has 0 saturated heterocycles. The van der Waals surface area contributed by atoms with Gasteiger partial charge in [0.15, 0.2) is 10.5 Å². The van der Waals surface area contributed by atoms with Crippen molar-refractivity contribution < 1.29 is 0 Å². The number of thiazole rings is 1. The molecule has 0 aliphatic heterocycles. The standard InChI is InChI=1S/C13H12N4S/c14-10-4-2-1-3-9(10)5-6-11-17-12-13(18-11)16-8-7-15-12/h1-4,7-8H,5-6,14H2. The van der Waals surface area contributed by atoms with Crippen molar-refractivity contribution in [3.8, 4) is 0 Å². The van der Waals surface area contributed by atoms with E-state index in [4.69, 9.17) is 5.73 Å². The van der Waals surface area contributed by atoms with Crippen LogP contribution in [0.15, 0.2) is 36.7 Å². The van der Waals surface area contributed by atoms with Crippen LogP contribution >= 0.6 is 11.3 Å². The minimum absolute atomic E-state index is 0.735. The van der Waals surface area contributed by atoms with Crippen LogP contribution in [-0.2, 0) is 12.8 Å². The van der Waals surface area contributed by atoms with Crippen molar-refractivity contribution in [3.05, 3.63) is 47.2 Å². The Morgan fingerprint density at radius 3 is 2.72 bits per heavy atom. The molecule has 0 unspecified atom stereocenters. The lowest BCUT2D eigenvalue weighted by Gasteiger charge is -2.02. The molecule has 0 spiro atoms. The summed E-state index contributed by atoms with van der Waals surface area (Å²) >= 11 is 1.60. The van der Waals surface area contributed by atoms with E-state index in [-0.39, 0.29) is 0 Å². The molecule has 0 aliphatic rings. The van der Waals surface area contributed by atoms with Crippen molar-refractivity contribution in [1.82, 2.24) is 15.0 Å². The molecular weight excluding hydrogens is 244 g/mol. The van der Waals surface area contributed by atoms with Gasteiger partial charge in [0, 0.05) is 24.5 Å². The number of hydrogen-bond donors (Lipinski definition) is 1. The number of aryl methyl sites for hydroxylation is 2. The maximum absolute atomic E-state index is 5.92. The van der Waals surface area contributed by atoms with E-state index in [1.165, 1.54) is 0 Å². The van der Waals surface area contributed by atoms with Crippen molar-refractivity contribution in [1.29, 1.82) is 0 Å². The van der Waals surface area contributed by atoms with E-state index in [1.807, 2.05) is 18.2 Å². The Bertz CT molecular complexity index is 644. The lowest BCUT2D eigenvalue weighted by Crippen LogP contribution is -1.96. The van der Waals surface area contributed by atoms with Gasteiger partial charge in [-0.15, -0.1) is 0 Å². The second-order valence-electron chi connectivity index (χ2n) is 3.99. The predicted molar refractivity (Wildman–Crippen MR) is 73.5 cm³/mol. The van der Waals surface area contributed by atoms with Crippen LogP contribution in [0.4, 0.5) is 5.69 Å². The third kappa shape index (κ3) is 2.17. The van der Waals surface area contributed by atoms with Crippen LogP contribution in [0.5, 0.6) is 0 Å². The van der Waals surface area contributed by atoms with Gasteiger partial charge in [0.25, 0.3) is 0 Å². The molecule has 1 aromatic carbocycles. The third-order valence-electron chi connectivity index (χ3n) is 2.75. The van der Waals surface area contributed by atoms with Crippen molar-refractivity contribution in [2.75, 3.05) is 5.73 Å². The predicted octanol–water partition coefficient (Wildman–Crippen LogP) is 2.45. The molecule has 18 heavy (non-hydrogen) atoms. The summed E-state index contributed by atoms with van der Waals surface area (Å²) in [5.41, 5.74) is 8.66. The second kappa shape index (κ2) is 4.70. The molecule has 0 radical (unpaired) electrons. The molecule has 3 rings (SSSR count). The molecule has 3 aromatic rings. The average molecular weight is 256 g/mol. The SMILES string of the molecule is Nc1ccccc1CCc1nc2nccnc2s1. The quantitative estimate of drug-likeness (QED) is 0.731. The van der Waals surface area contributed by atoms with Crippen LogP contribution in [0.3, 0.4) is 0 Å². The fourth-order valence-corrected chi connectivity index (χ4v) is 2.69. The fraction of sp³-hybridized carbons (Fsp3) is 0.154. The van der Waals surface area contributed by atoms with E-state index < -0.39 is 0 Å². The number of hydrogen-bond acceptors (Lipinski definition) is 5. The zero-order valence-corrected chi connectivity index (χ0v) is 10.5. The number of rotatable bonds is 3. The van der Waals surface area contributed by atoms with Gasteiger partial charge >= 0.3 is 0 Å². The van der Waals surface area contributed by atoms with Crippen molar-refractivity contribution in [2.24, 2.45) is 0 Å². The minimum atomic E-state index is 0.735. The van der Waals surface area contributed by atoms with Gasteiger partial charge < -0.3 is 5.73 Å². The number of benzene rings is 1. The van der Waals surface area contributed by atoms with Crippen LogP contribution in [0.1, 0.15) is 10.6 Å². The first-order valence-corrected chi connectivity index (χ1v) is 6.54. The molecule has 2 heterocycles. The Balaban J connectivity index is 1.79. The molecule has 0 amide bonds. The molecular formula is C13H12N4S. The number of nitrogens with zero attached hydrogens (tertiary/aromatic N) is 3. The van der Waals surface area contributed by atoms with Gasteiger partial charge in [-0.05, 0) is 18.1 Å². The van der Waals surface area contributed by atoms with Gasteiger partial charge in [-0.25, -0.2) is 15.0 Å². The summed E-state index contributed by atoms with van der Waals surface area (Å²) in [7, 11) is 0. The zero-order valence-electron chi connectivity index (χ0n) is 9.71. The molecule has 0 fully saturated rings. The highest BCUT2D eigenvalue weighted by Crippen LogP contribution is 2.20. The minimum Gasteiger partial charge on any atom is -0.399 e. The zero-order chi connectivity index (χ0) is 12.4. The molecule has 4 nitrogen and oxygen atoms in total. The molecule has 90 valence electrons. The Morgan fingerprint density at radius 1 is 1.06 bits per heavy atom. The van der Waals surface area contributed by atoms with Gasteiger partial charge in [0.05, 0.1) is 5.01 Å². The number of para-hydroxylation sites is 1. The van der Waals surface area contributed by atoms with E-state index in [2.05, 4.69) is 21.0 Å². The van der Waals surface area contributed by atoms with Gasteiger partial charge in [-0.2, -0.15) is 0 Å². The number of nitrogen functional groups attached to an aromatic ring is 1. The highest BCUT2D eigenvalue weighted by Gasteiger charge is 2.06. The molecule has 0 saturated carbocycles. The second-order valence-corrected chi connectivity index (χ2v) is 5.05. The van der Waals surface area contributed by atoms with E-state index in [0.29, 0.717) is 0 Å². The number of aromatic nitrogens is 3. The first kappa shape index (κ1) is 11.1. The monoisotopic (exact) mass is 256 g/mol. The maximum Gasteiger partial charge on any atom is 0.189 e. The highest BCUT2D eigenvalue weighted by atomic mass is 32.1. The molecule has 2 aromatic heterocycles. The van der Waals surface area contributed by atoms with E-state index >= 15 is 0 Å². The molecule has 0 aliphatic carbocycles. The van der Waals surface area contributed by atoms with Crippen LogP contribution in [-0.4, -0.2) is 15.0 Å². The topological polar surface area (TPSA) is 64.7 Å². The fourth-order valence-electron chi connectivity index (χ4n) is 1.83. The van der Waals surface area contributed by atoms with E-state index in [0.717, 1.165) is 39.6 Å². The van der Waals surface area contributed by atoms with Crippen molar-refractivity contribution in [3.63, 3.8) is 0 Å². The van der Waals surface area contributed by atoms with Crippen LogP contribution < -0.4 is 5.73 Å². The van der Waals surface area contributed by atoms with Crippen LogP contribution in [0, 0.1) is 0 Å². The number of anilines is 1. The molecule has 0 bridgehead atoms. The van der Waals surface area contributed by atoms with Gasteiger partial charge in [-0.1, -0.05) is 29.5 Å². The first-order valence-electron chi connectivity index (χ1n) is 5.73. The van der Waals surface area contributed by atoms with Gasteiger partial charge in [0.2, 0.25) is 0 Å². The number of fused-ring (bicyclic) bond motifs is 1. The Kier molecular flexibility index (Phi) is 2.90. The summed E-state index contributed by atoms with van der Waals surface area (Å²) in [5, 5.41) is 1.06. The molecule has 0 atom stereocenters. The van der Waals surface area contributed by atoms with Crippen LogP contribution in [0.2, 0.25) is 0 Å². The third-order valence-corrected chi connectivity index (χ3v) is 3.77. The van der Waals surface area contributed by atoms with Gasteiger partial charge in [0.1, 0.15) is 0 Å². The summed E-state index contributed by atoms with van der Waals surface area (Å²) in [4.78, 5) is 13.8. The summed E-state index contributed by atoms with van der Waals surface area (Å²) in [6, 6.07) is 7.94. The largest absolute Gasteiger partial charge is 0.399 e. The van der Waals surface area contributed by atoms with Crippen molar-refractivity contribution >= 4 is 27.5 Å². The Hall–Kier alpha value is -2.01. The smallest absolute Gasteiger partial charge is 0.189 e. The summed E-state index contributed by atoms with van der Waals surface area (Å²) in [6.45, 7) is 0. The summed E-state index contributed by atoms with van der Waals surface area (Å²) < 4.78 is 0. The van der Waals surface area contributed by atoms with E-state index in [1.54, 1.807) is 23.7 Å². The number of nitrogens with two attached hydrogens (primary N) is 1. The van der Waals surface area contributed by atoms with Gasteiger partial charge in [-0.3, -0.25) is 0 Å². The van der Waals surface area contributed by atoms with Crippen molar-refractivity contribution in [2.45, 2.75) is 12.8 Å².